The Bertz CT molecular complexity index is 1230. The van der Waals surface area contributed by atoms with Crippen molar-refractivity contribution in [1.82, 2.24) is 19.6 Å². The number of morpholine rings is 1. The predicted molar refractivity (Wildman–Crippen MR) is 115 cm³/mol. The summed E-state index contributed by atoms with van der Waals surface area (Å²) in [5, 5.41) is 5.13. The maximum Gasteiger partial charge on any atom is 0.325 e. The Labute approximate surface area is 183 Å². The van der Waals surface area contributed by atoms with Crippen LogP contribution in [0.5, 0.6) is 0 Å². The zero-order valence-electron chi connectivity index (χ0n) is 17.4. The zero-order chi connectivity index (χ0) is 21.8. The summed E-state index contributed by atoms with van der Waals surface area (Å²) in [6.45, 7) is 2.23. The number of nitrogens with zero attached hydrogens (tertiary/aromatic N) is 5. The molecule has 2 atom stereocenters. The molecule has 2 bridgehead atoms. The number of halogens is 1. The van der Waals surface area contributed by atoms with Gasteiger partial charge in [-0.1, -0.05) is 18.2 Å². The molecule has 3 aromatic rings. The average Bonchev–Trinajstić information content (AvgIpc) is 3.59. The van der Waals surface area contributed by atoms with Crippen LogP contribution >= 0.6 is 0 Å². The van der Waals surface area contributed by atoms with Crippen LogP contribution in [0.1, 0.15) is 6.42 Å². The van der Waals surface area contributed by atoms with Crippen LogP contribution in [-0.4, -0.2) is 76.5 Å². The Hall–Kier alpha value is -3.46. The van der Waals surface area contributed by atoms with Gasteiger partial charge in [0.25, 0.3) is 0 Å². The zero-order valence-corrected chi connectivity index (χ0v) is 17.4. The van der Waals surface area contributed by atoms with Gasteiger partial charge in [0.05, 0.1) is 36.2 Å². The Morgan fingerprint density at radius 3 is 2.75 bits per heavy atom. The van der Waals surface area contributed by atoms with Crippen LogP contribution in [0.3, 0.4) is 0 Å². The lowest BCUT2D eigenvalue weighted by atomic mass is 10.2. The largest absolute Gasteiger partial charge is 0.374 e. The van der Waals surface area contributed by atoms with Crippen molar-refractivity contribution in [2.45, 2.75) is 18.6 Å². The van der Waals surface area contributed by atoms with Crippen molar-refractivity contribution in [3.63, 3.8) is 0 Å². The first-order chi connectivity index (χ1) is 15.6. The van der Waals surface area contributed by atoms with Crippen molar-refractivity contribution >= 4 is 28.5 Å². The first kappa shape index (κ1) is 19.2. The van der Waals surface area contributed by atoms with Gasteiger partial charge in [-0.15, -0.1) is 0 Å². The number of carbonyl (C=O) groups excluding carboxylic acids is 2. The second-order valence-electron chi connectivity index (χ2n) is 8.46. The van der Waals surface area contributed by atoms with Crippen molar-refractivity contribution in [3.8, 4) is 5.69 Å². The Balaban J connectivity index is 1.25. The van der Waals surface area contributed by atoms with E-state index in [-0.39, 0.29) is 36.4 Å². The van der Waals surface area contributed by atoms with Crippen LogP contribution in [-0.2, 0) is 9.53 Å². The number of hydrogen-bond donors (Lipinski definition) is 0. The van der Waals surface area contributed by atoms with Crippen molar-refractivity contribution in [3.05, 3.63) is 54.5 Å². The molecule has 0 spiro atoms. The van der Waals surface area contributed by atoms with Crippen LogP contribution in [0.2, 0.25) is 0 Å². The van der Waals surface area contributed by atoms with Gasteiger partial charge in [0.2, 0.25) is 5.91 Å². The lowest BCUT2D eigenvalue weighted by Gasteiger charge is -2.28. The number of carbonyl (C=O) groups is 2. The topological polar surface area (TPSA) is 70.9 Å². The number of ether oxygens (including phenoxy) is 1. The number of urea groups is 1. The van der Waals surface area contributed by atoms with Crippen molar-refractivity contribution < 1.29 is 18.7 Å². The van der Waals surface area contributed by atoms with Crippen molar-refractivity contribution in [2.75, 3.05) is 37.7 Å². The van der Waals surface area contributed by atoms with Gasteiger partial charge in [-0.05, 0) is 30.7 Å². The highest BCUT2D eigenvalue weighted by molar-refractivity contribution is 6.04. The van der Waals surface area contributed by atoms with Crippen molar-refractivity contribution in [2.24, 2.45) is 0 Å². The minimum Gasteiger partial charge on any atom is -0.374 e. The molecule has 3 saturated heterocycles. The molecular formula is C23H22FN5O3. The monoisotopic (exact) mass is 435 g/mol. The molecule has 1 aromatic heterocycles. The fraction of sp³-hybridized carbons (Fsp3) is 0.348. The van der Waals surface area contributed by atoms with Crippen LogP contribution < -0.4 is 4.90 Å². The molecule has 3 aliphatic heterocycles. The number of likely N-dealkylation sites (tertiary alicyclic amines) is 1. The molecule has 0 aliphatic carbocycles. The number of benzene rings is 2. The van der Waals surface area contributed by atoms with Crippen molar-refractivity contribution in [1.29, 1.82) is 0 Å². The molecule has 2 aromatic carbocycles. The summed E-state index contributed by atoms with van der Waals surface area (Å²) >= 11 is 0. The first-order valence-electron chi connectivity index (χ1n) is 10.8. The molecule has 164 valence electrons. The smallest absolute Gasteiger partial charge is 0.325 e. The molecule has 0 radical (unpaired) electrons. The third-order valence-corrected chi connectivity index (χ3v) is 6.60. The lowest BCUT2D eigenvalue weighted by Crippen LogP contribution is -2.47. The number of amides is 3. The molecule has 0 N–H and O–H groups in total. The summed E-state index contributed by atoms with van der Waals surface area (Å²) in [5.41, 5.74) is 1.77. The van der Waals surface area contributed by atoms with Crippen LogP contribution in [0, 0.1) is 5.82 Å². The summed E-state index contributed by atoms with van der Waals surface area (Å²) in [7, 11) is 0. The Kier molecular flexibility index (Phi) is 4.39. The van der Waals surface area contributed by atoms with E-state index < -0.39 is 0 Å². The van der Waals surface area contributed by atoms with E-state index in [2.05, 4.69) is 5.10 Å². The normalized spacial score (nSPS) is 22.5. The maximum absolute atomic E-state index is 14.3. The second-order valence-corrected chi connectivity index (χ2v) is 8.46. The van der Waals surface area contributed by atoms with Gasteiger partial charge in [0.1, 0.15) is 18.0 Å². The van der Waals surface area contributed by atoms with Gasteiger partial charge < -0.3 is 14.5 Å². The minimum atomic E-state index is -0.370. The van der Waals surface area contributed by atoms with Crippen LogP contribution in [0.4, 0.5) is 14.9 Å². The maximum atomic E-state index is 14.3. The van der Waals surface area contributed by atoms with Gasteiger partial charge in [-0.2, -0.15) is 5.10 Å². The number of rotatable bonds is 4. The van der Waals surface area contributed by atoms with Gasteiger partial charge in [-0.3, -0.25) is 9.69 Å². The Morgan fingerprint density at radius 1 is 1.12 bits per heavy atom. The lowest BCUT2D eigenvalue weighted by molar-refractivity contribution is -0.136. The number of para-hydroxylation sites is 1. The summed E-state index contributed by atoms with van der Waals surface area (Å²) in [4.78, 5) is 31.1. The molecule has 8 nitrogen and oxygen atoms in total. The highest BCUT2D eigenvalue weighted by Crippen LogP contribution is 2.32. The second kappa shape index (κ2) is 7.30. The van der Waals surface area contributed by atoms with E-state index in [9.17, 15) is 14.0 Å². The van der Waals surface area contributed by atoms with Gasteiger partial charge in [-0.25, -0.2) is 13.9 Å². The predicted octanol–water partition coefficient (Wildman–Crippen LogP) is 2.41. The molecular weight excluding hydrogens is 413 g/mol. The summed E-state index contributed by atoms with van der Waals surface area (Å²) < 4.78 is 21.4. The highest BCUT2D eigenvalue weighted by Gasteiger charge is 2.42. The van der Waals surface area contributed by atoms with E-state index in [0.717, 1.165) is 11.8 Å². The quantitative estimate of drug-likeness (QED) is 0.631. The first-order valence-corrected chi connectivity index (χ1v) is 10.8. The molecule has 32 heavy (non-hydrogen) atoms. The molecule has 0 unspecified atom stereocenters. The van der Waals surface area contributed by atoms with E-state index in [4.69, 9.17) is 4.74 Å². The standard InChI is InChI=1S/C23H22FN5O3/c24-18-4-1-2-5-21(18)29-20-7-3-6-19(17(20)11-25-29)27-9-8-26(23(27)31)13-22(30)28-12-16-10-15(28)14-32-16/h1-7,11,15-16H,8-10,12-14H2/t15-,16-/m0/s1. The number of anilines is 1. The van der Waals surface area contributed by atoms with Crippen LogP contribution in [0.15, 0.2) is 48.7 Å². The van der Waals surface area contributed by atoms with Gasteiger partial charge >= 0.3 is 6.03 Å². The highest BCUT2D eigenvalue weighted by atomic mass is 19.1. The fourth-order valence-electron chi connectivity index (χ4n) is 5.00. The van der Waals surface area contributed by atoms with E-state index in [1.54, 1.807) is 38.9 Å². The van der Waals surface area contributed by atoms with E-state index in [0.29, 0.717) is 43.1 Å². The fourth-order valence-corrected chi connectivity index (χ4v) is 5.00. The number of hydrogen-bond acceptors (Lipinski definition) is 4. The van der Waals surface area contributed by atoms with Gasteiger partial charge in [0, 0.05) is 25.0 Å². The van der Waals surface area contributed by atoms with Gasteiger partial charge in [0.15, 0.2) is 0 Å². The molecule has 4 heterocycles. The molecule has 0 saturated carbocycles. The molecule has 9 heteroatoms. The third-order valence-electron chi connectivity index (χ3n) is 6.60. The van der Waals surface area contributed by atoms with Crippen LogP contribution in [0.25, 0.3) is 16.6 Å². The minimum absolute atomic E-state index is 0.0263. The SMILES string of the molecule is O=C1N(CC(=O)N2C[C@@H]3C[C@H]2CO3)CCN1c1cccc2c1cnn2-c1ccccc1F. The summed E-state index contributed by atoms with van der Waals surface area (Å²) in [6, 6.07) is 11.9. The van der Waals surface area contributed by atoms with E-state index in [1.165, 1.54) is 6.07 Å². The summed E-state index contributed by atoms with van der Waals surface area (Å²) in [5.74, 6) is -0.396. The summed E-state index contributed by atoms with van der Waals surface area (Å²) in [6.07, 6.45) is 2.68. The number of fused-ring (bicyclic) bond motifs is 3. The van der Waals surface area contributed by atoms with E-state index >= 15 is 0 Å². The third kappa shape index (κ3) is 2.96. The van der Waals surface area contributed by atoms with E-state index in [1.807, 2.05) is 23.1 Å². The molecule has 3 fully saturated rings. The Morgan fingerprint density at radius 2 is 1.97 bits per heavy atom. The average molecular weight is 435 g/mol. The molecule has 3 amide bonds. The molecule has 3 aliphatic rings. The number of aromatic nitrogens is 2. The molecule has 6 rings (SSSR count).